The highest BCUT2D eigenvalue weighted by Gasteiger charge is 1.94. The van der Waals surface area contributed by atoms with Crippen LogP contribution in [0.4, 0.5) is 0 Å². The van der Waals surface area contributed by atoms with Gasteiger partial charge >= 0.3 is 0 Å². The van der Waals surface area contributed by atoms with Gasteiger partial charge in [0.1, 0.15) is 0 Å². The molecule has 0 heterocycles. The second-order valence-electron chi connectivity index (χ2n) is 2.52. The summed E-state index contributed by atoms with van der Waals surface area (Å²) < 4.78 is 28.4. The molecule has 0 atom stereocenters. The fraction of sp³-hybridized carbons (Fsp3) is 0.667. The second kappa shape index (κ2) is 3.73. The van der Waals surface area contributed by atoms with E-state index in [-0.39, 0.29) is 0 Å². The molecule has 0 rings (SSSR count). The maximum atomic E-state index is 10.1. The predicted octanol–water partition coefficient (Wildman–Crippen LogP) is 1.43. The zero-order chi connectivity index (χ0) is 8.20. The Morgan fingerprint density at radius 1 is 1.50 bits per heavy atom. The van der Waals surface area contributed by atoms with E-state index in [1.165, 1.54) is 6.08 Å². The van der Waals surface area contributed by atoms with Crippen LogP contribution in [0.15, 0.2) is 11.5 Å². The van der Waals surface area contributed by atoms with Crippen molar-refractivity contribution in [3.63, 3.8) is 0 Å². The first-order chi connectivity index (χ1) is 4.42. The number of allylic oxidation sites excluding steroid dienone is 1. The van der Waals surface area contributed by atoms with Crippen molar-refractivity contribution >= 4 is 10.1 Å². The molecule has 0 fully saturated rings. The summed E-state index contributed by atoms with van der Waals surface area (Å²) >= 11 is 0. The predicted molar refractivity (Wildman–Crippen MR) is 40.1 cm³/mol. The van der Waals surface area contributed by atoms with Crippen molar-refractivity contribution in [3.05, 3.63) is 11.5 Å². The Bertz CT molecular complexity index is 201. The third kappa shape index (κ3) is 7.65. The molecule has 0 unspecified atom stereocenters. The Hall–Kier alpha value is -0.350. The molecule has 3 nitrogen and oxygen atoms in total. The Balaban J connectivity index is 3.80. The molecule has 60 valence electrons. The molecule has 0 aliphatic carbocycles. The second-order valence-corrected chi connectivity index (χ2v) is 3.82. The summed E-state index contributed by atoms with van der Waals surface area (Å²) in [7, 11) is -3.90. The van der Waals surface area contributed by atoms with Crippen molar-refractivity contribution < 1.29 is 13.0 Å². The number of hydrogen-bond acceptors (Lipinski definition) is 2. The maximum Gasteiger partial charge on any atom is 0.287 e. The van der Waals surface area contributed by atoms with E-state index < -0.39 is 10.1 Å². The van der Waals surface area contributed by atoms with Crippen LogP contribution in [0.5, 0.6) is 0 Å². The first kappa shape index (κ1) is 9.65. The Labute approximate surface area is 61.5 Å². The van der Waals surface area contributed by atoms with E-state index in [0.29, 0.717) is 12.3 Å². The molecule has 0 saturated heterocycles. The molecular formula is C6H12O3S. The fourth-order valence-electron chi connectivity index (χ4n) is 0.449. The van der Waals surface area contributed by atoms with Gasteiger partial charge in [0.25, 0.3) is 10.1 Å². The first-order valence-corrected chi connectivity index (χ1v) is 4.56. The molecule has 0 bridgehead atoms. The smallest absolute Gasteiger partial charge is 0.282 e. The average Bonchev–Trinajstić information content (AvgIpc) is 1.59. The minimum atomic E-state index is -3.90. The SMILES string of the molecule is CC(C)CC=CS(=O)(=O)O. The summed E-state index contributed by atoms with van der Waals surface area (Å²) in [5.41, 5.74) is 0. The van der Waals surface area contributed by atoms with Crippen LogP contribution in [-0.2, 0) is 10.1 Å². The lowest BCUT2D eigenvalue weighted by Crippen LogP contribution is -1.90. The summed E-state index contributed by atoms with van der Waals surface area (Å²) in [4.78, 5) is 0. The zero-order valence-corrected chi connectivity index (χ0v) is 6.93. The fourth-order valence-corrected chi connectivity index (χ4v) is 0.804. The average molecular weight is 164 g/mol. The minimum absolute atomic E-state index is 0.415. The topological polar surface area (TPSA) is 54.4 Å². The lowest BCUT2D eigenvalue weighted by molar-refractivity contribution is 0.494. The van der Waals surface area contributed by atoms with Gasteiger partial charge in [-0.05, 0) is 12.3 Å². The van der Waals surface area contributed by atoms with Crippen LogP contribution < -0.4 is 0 Å². The van der Waals surface area contributed by atoms with E-state index in [1.54, 1.807) is 0 Å². The highest BCUT2D eigenvalue weighted by Crippen LogP contribution is 2.00. The standard InChI is InChI=1S/C6H12O3S/c1-6(2)4-3-5-10(7,8)9/h3,5-6H,4H2,1-2H3,(H,7,8,9). The monoisotopic (exact) mass is 164 g/mol. The Kier molecular flexibility index (Phi) is 3.60. The van der Waals surface area contributed by atoms with E-state index in [9.17, 15) is 8.42 Å². The van der Waals surface area contributed by atoms with E-state index in [4.69, 9.17) is 4.55 Å². The highest BCUT2D eigenvalue weighted by atomic mass is 32.2. The summed E-state index contributed by atoms with van der Waals surface area (Å²) in [5, 5.41) is 0.812. The van der Waals surface area contributed by atoms with Crippen LogP contribution in [-0.4, -0.2) is 13.0 Å². The molecule has 1 N–H and O–H groups in total. The van der Waals surface area contributed by atoms with Gasteiger partial charge in [0.2, 0.25) is 0 Å². The van der Waals surface area contributed by atoms with Crippen molar-refractivity contribution in [1.82, 2.24) is 0 Å². The van der Waals surface area contributed by atoms with Gasteiger partial charge in [-0.1, -0.05) is 19.9 Å². The molecule has 0 saturated carbocycles. The number of hydrogen-bond donors (Lipinski definition) is 1. The first-order valence-electron chi connectivity index (χ1n) is 3.06. The normalized spacial score (nSPS) is 13.2. The molecular weight excluding hydrogens is 152 g/mol. The lowest BCUT2D eigenvalue weighted by Gasteiger charge is -1.94. The number of rotatable bonds is 3. The highest BCUT2D eigenvalue weighted by molar-refractivity contribution is 7.88. The molecule has 0 radical (unpaired) electrons. The molecule has 4 heteroatoms. The van der Waals surface area contributed by atoms with Crippen LogP contribution in [0, 0.1) is 5.92 Å². The molecule has 0 spiro atoms. The van der Waals surface area contributed by atoms with Crippen LogP contribution >= 0.6 is 0 Å². The quantitative estimate of drug-likeness (QED) is 0.642. The van der Waals surface area contributed by atoms with Crippen LogP contribution in [0.1, 0.15) is 20.3 Å². The molecule has 0 amide bonds. The van der Waals surface area contributed by atoms with Crippen LogP contribution in [0.3, 0.4) is 0 Å². The van der Waals surface area contributed by atoms with E-state index in [2.05, 4.69) is 0 Å². The van der Waals surface area contributed by atoms with Crippen molar-refractivity contribution in [3.8, 4) is 0 Å². The third-order valence-electron chi connectivity index (χ3n) is 0.876. The summed E-state index contributed by atoms with van der Waals surface area (Å²) in [5.74, 6) is 0.415. The van der Waals surface area contributed by atoms with Crippen LogP contribution in [0.25, 0.3) is 0 Å². The third-order valence-corrected chi connectivity index (χ3v) is 1.41. The minimum Gasteiger partial charge on any atom is -0.282 e. The Morgan fingerprint density at radius 3 is 2.30 bits per heavy atom. The molecule has 0 aliphatic heterocycles. The Morgan fingerprint density at radius 2 is 2.00 bits per heavy atom. The van der Waals surface area contributed by atoms with Crippen molar-refractivity contribution in [1.29, 1.82) is 0 Å². The van der Waals surface area contributed by atoms with Gasteiger partial charge in [-0.3, -0.25) is 4.55 Å². The molecule has 0 aliphatic rings. The van der Waals surface area contributed by atoms with E-state index >= 15 is 0 Å². The van der Waals surface area contributed by atoms with Gasteiger partial charge in [-0.15, -0.1) is 0 Å². The van der Waals surface area contributed by atoms with Gasteiger partial charge in [0, 0.05) is 0 Å². The maximum absolute atomic E-state index is 10.1. The zero-order valence-electron chi connectivity index (χ0n) is 6.11. The molecule has 10 heavy (non-hydrogen) atoms. The lowest BCUT2D eigenvalue weighted by atomic mass is 10.1. The van der Waals surface area contributed by atoms with Gasteiger partial charge in [-0.25, -0.2) is 0 Å². The van der Waals surface area contributed by atoms with Gasteiger partial charge in [0.05, 0.1) is 5.41 Å². The largest absolute Gasteiger partial charge is 0.287 e. The van der Waals surface area contributed by atoms with Gasteiger partial charge < -0.3 is 0 Å². The van der Waals surface area contributed by atoms with Crippen molar-refractivity contribution in [2.45, 2.75) is 20.3 Å². The summed E-state index contributed by atoms with van der Waals surface area (Å²) in [6, 6.07) is 0. The van der Waals surface area contributed by atoms with Crippen molar-refractivity contribution in [2.75, 3.05) is 0 Å². The van der Waals surface area contributed by atoms with Gasteiger partial charge in [0.15, 0.2) is 0 Å². The molecule has 0 aromatic rings. The van der Waals surface area contributed by atoms with Gasteiger partial charge in [-0.2, -0.15) is 8.42 Å². The summed E-state index contributed by atoms with van der Waals surface area (Å²) in [6.07, 6.45) is 2.11. The van der Waals surface area contributed by atoms with Crippen molar-refractivity contribution in [2.24, 2.45) is 5.92 Å². The molecule has 0 aromatic heterocycles. The van der Waals surface area contributed by atoms with Crippen LogP contribution in [0.2, 0.25) is 0 Å². The molecule has 0 aromatic carbocycles. The van der Waals surface area contributed by atoms with E-state index in [0.717, 1.165) is 5.41 Å². The van der Waals surface area contributed by atoms with E-state index in [1.807, 2.05) is 13.8 Å². The summed E-state index contributed by atoms with van der Waals surface area (Å²) in [6.45, 7) is 3.93.